The minimum atomic E-state index is -4.68. The van der Waals surface area contributed by atoms with Crippen LogP contribution in [-0.4, -0.2) is 29.9 Å². The maximum Gasteiger partial charge on any atom is 0.416 e. The van der Waals surface area contributed by atoms with Crippen LogP contribution >= 0.6 is 0 Å². The number of alkyl halides is 3. The topological polar surface area (TPSA) is 46.3 Å². The van der Waals surface area contributed by atoms with Gasteiger partial charge >= 0.3 is 6.18 Å². The van der Waals surface area contributed by atoms with Gasteiger partial charge in [0.05, 0.1) is 5.56 Å². The summed E-state index contributed by atoms with van der Waals surface area (Å²) in [6.07, 6.45) is -4.09. The summed E-state index contributed by atoms with van der Waals surface area (Å²) < 4.78 is 50.8. The quantitative estimate of drug-likeness (QED) is 0.798. The molecule has 1 fully saturated rings. The molecule has 0 aromatic heterocycles. The average molecular weight is 276 g/mol. The largest absolute Gasteiger partial charge is 0.416 e. The van der Waals surface area contributed by atoms with Gasteiger partial charge in [-0.1, -0.05) is 0 Å². The molecule has 1 aromatic carbocycles. The number of hydrogen-bond acceptors (Lipinski definition) is 2. The van der Waals surface area contributed by atoms with E-state index in [0.29, 0.717) is 25.1 Å². The number of rotatable bonds is 1. The maximum atomic E-state index is 13.2. The lowest BCUT2D eigenvalue weighted by Crippen LogP contribution is -2.32. The number of carbonyl (C=O) groups excluding carboxylic acids is 1. The second-order valence-electron chi connectivity index (χ2n) is 4.53. The van der Waals surface area contributed by atoms with E-state index in [9.17, 15) is 22.4 Å². The van der Waals surface area contributed by atoms with Crippen LogP contribution in [0.3, 0.4) is 0 Å². The van der Waals surface area contributed by atoms with Gasteiger partial charge in [0.25, 0.3) is 5.91 Å². The third-order valence-electron chi connectivity index (χ3n) is 2.98. The zero-order valence-electron chi connectivity index (χ0n) is 9.88. The Balaban J connectivity index is 2.29. The summed E-state index contributed by atoms with van der Waals surface area (Å²) in [7, 11) is 0. The van der Waals surface area contributed by atoms with Gasteiger partial charge in [0.15, 0.2) is 0 Å². The number of nitrogens with two attached hydrogens (primary N) is 1. The van der Waals surface area contributed by atoms with E-state index in [1.807, 2.05) is 0 Å². The van der Waals surface area contributed by atoms with Crippen LogP contribution in [0.25, 0.3) is 0 Å². The minimum absolute atomic E-state index is 0.181. The van der Waals surface area contributed by atoms with Crippen molar-refractivity contribution in [2.45, 2.75) is 18.6 Å². The molecule has 0 radical (unpaired) electrons. The summed E-state index contributed by atoms with van der Waals surface area (Å²) in [4.78, 5) is 13.3. The molecular weight excluding hydrogens is 264 g/mol. The molecule has 1 amide bonds. The molecule has 7 heteroatoms. The van der Waals surface area contributed by atoms with Gasteiger partial charge in [-0.25, -0.2) is 4.39 Å². The molecule has 0 aliphatic carbocycles. The van der Waals surface area contributed by atoms with Crippen LogP contribution in [0.5, 0.6) is 0 Å². The molecule has 2 rings (SSSR count). The Bertz CT molecular complexity index is 501. The second-order valence-corrected chi connectivity index (χ2v) is 4.53. The molecule has 1 saturated heterocycles. The first-order valence-corrected chi connectivity index (χ1v) is 5.70. The van der Waals surface area contributed by atoms with Gasteiger partial charge in [0.1, 0.15) is 5.82 Å². The van der Waals surface area contributed by atoms with Crippen molar-refractivity contribution in [3.8, 4) is 0 Å². The fourth-order valence-electron chi connectivity index (χ4n) is 2.03. The smallest absolute Gasteiger partial charge is 0.337 e. The Kier molecular flexibility index (Phi) is 3.49. The van der Waals surface area contributed by atoms with Crippen molar-refractivity contribution in [1.82, 2.24) is 4.90 Å². The summed E-state index contributed by atoms with van der Waals surface area (Å²) in [5, 5.41) is 0. The van der Waals surface area contributed by atoms with Crippen LogP contribution in [0.2, 0.25) is 0 Å². The zero-order valence-corrected chi connectivity index (χ0v) is 9.88. The number of likely N-dealkylation sites (tertiary alicyclic amines) is 1. The Morgan fingerprint density at radius 2 is 2.00 bits per heavy atom. The van der Waals surface area contributed by atoms with E-state index in [1.165, 1.54) is 4.90 Å². The monoisotopic (exact) mass is 276 g/mol. The van der Waals surface area contributed by atoms with Crippen LogP contribution < -0.4 is 5.73 Å². The fraction of sp³-hybridized carbons (Fsp3) is 0.417. The lowest BCUT2D eigenvalue weighted by Gasteiger charge is -2.17. The highest BCUT2D eigenvalue weighted by molar-refractivity contribution is 5.94. The van der Waals surface area contributed by atoms with E-state index in [4.69, 9.17) is 5.73 Å². The molecule has 0 spiro atoms. The number of amides is 1. The van der Waals surface area contributed by atoms with Crippen molar-refractivity contribution in [2.24, 2.45) is 5.73 Å². The van der Waals surface area contributed by atoms with Gasteiger partial charge in [-0.3, -0.25) is 4.79 Å². The molecule has 0 saturated carbocycles. The fourth-order valence-corrected chi connectivity index (χ4v) is 2.03. The van der Waals surface area contributed by atoms with E-state index < -0.39 is 23.5 Å². The van der Waals surface area contributed by atoms with Crippen molar-refractivity contribution in [3.05, 3.63) is 35.1 Å². The Morgan fingerprint density at radius 3 is 2.53 bits per heavy atom. The predicted octanol–water partition coefficient (Wildman–Crippen LogP) is 2.02. The third-order valence-corrected chi connectivity index (χ3v) is 2.98. The summed E-state index contributed by atoms with van der Waals surface area (Å²) in [6.45, 7) is 0.647. The van der Waals surface area contributed by atoms with Crippen LogP contribution in [0.15, 0.2) is 18.2 Å². The van der Waals surface area contributed by atoms with Gasteiger partial charge in [-0.05, 0) is 24.6 Å². The normalized spacial score (nSPS) is 19.8. The molecule has 0 unspecified atom stereocenters. The molecule has 104 valence electrons. The predicted molar refractivity (Wildman–Crippen MR) is 59.9 cm³/mol. The van der Waals surface area contributed by atoms with Crippen LogP contribution in [0.1, 0.15) is 22.3 Å². The van der Waals surface area contributed by atoms with Crippen LogP contribution in [0, 0.1) is 5.82 Å². The molecule has 19 heavy (non-hydrogen) atoms. The lowest BCUT2D eigenvalue weighted by molar-refractivity contribution is -0.137. The average Bonchev–Trinajstić information content (AvgIpc) is 2.73. The van der Waals surface area contributed by atoms with Crippen molar-refractivity contribution in [1.29, 1.82) is 0 Å². The van der Waals surface area contributed by atoms with E-state index in [2.05, 4.69) is 0 Å². The molecule has 1 aliphatic rings. The van der Waals surface area contributed by atoms with Crippen molar-refractivity contribution >= 4 is 5.91 Å². The highest BCUT2D eigenvalue weighted by Crippen LogP contribution is 2.30. The molecule has 2 N–H and O–H groups in total. The maximum absolute atomic E-state index is 13.2. The molecular formula is C12H12F4N2O. The summed E-state index contributed by atoms with van der Waals surface area (Å²) in [5.74, 6) is -1.71. The summed E-state index contributed by atoms with van der Waals surface area (Å²) >= 11 is 0. The molecule has 1 aliphatic heterocycles. The first-order valence-electron chi connectivity index (χ1n) is 5.70. The van der Waals surface area contributed by atoms with Crippen molar-refractivity contribution in [3.63, 3.8) is 0 Å². The van der Waals surface area contributed by atoms with E-state index >= 15 is 0 Å². The number of halogens is 4. The molecule has 1 atom stereocenters. The van der Waals surface area contributed by atoms with E-state index in [0.717, 1.165) is 6.07 Å². The minimum Gasteiger partial charge on any atom is -0.337 e. The Morgan fingerprint density at radius 1 is 1.32 bits per heavy atom. The first-order chi connectivity index (χ1) is 8.77. The number of hydrogen-bond donors (Lipinski definition) is 1. The summed E-state index contributed by atoms with van der Waals surface area (Å²) in [5.41, 5.74) is 4.15. The molecule has 1 heterocycles. The number of nitrogens with zero attached hydrogens (tertiary/aromatic N) is 1. The van der Waals surface area contributed by atoms with Crippen LogP contribution in [-0.2, 0) is 6.18 Å². The highest BCUT2D eigenvalue weighted by Gasteiger charge is 2.33. The Labute approximate surface area is 107 Å². The van der Waals surface area contributed by atoms with Crippen molar-refractivity contribution < 1.29 is 22.4 Å². The molecule has 3 nitrogen and oxygen atoms in total. The standard InChI is InChI=1S/C12H12F4N2O/c13-9-4-7(3-8(5-9)12(14,15)16)11(19)18-2-1-10(17)6-18/h3-5,10H,1-2,6,17H2/t10-/m1/s1. The van der Waals surface area contributed by atoms with Gasteiger partial charge in [-0.2, -0.15) is 13.2 Å². The SMILES string of the molecule is N[C@@H]1CCN(C(=O)c2cc(F)cc(C(F)(F)F)c2)C1. The molecule has 1 aromatic rings. The molecule has 0 bridgehead atoms. The summed E-state index contributed by atoms with van der Waals surface area (Å²) in [6, 6.07) is 1.66. The lowest BCUT2D eigenvalue weighted by atomic mass is 10.1. The highest BCUT2D eigenvalue weighted by atomic mass is 19.4. The van der Waals surface area contributed by atoms with Gasteiger partial charge in [-0.15, -0.1) is 0 Å². The van der Waals surface area contributed by atoms with Gasteiger partial charge in [0.2, 0.25) is 0 Å². The Hall–Kier alpha value is -1.63. The first kappa shape index (κ1) is 13.8. The van der Waals surface area contributed by atoms with E-state index in [1.54, 1.807) is 0 Å². The van der Waals surface area contributed by atoms with Gasteiger partial charge in [0, 0.05) is 24.7 Å². The van der Waals surface area contributed by atoms with E-state index in [-0.39, 0.29) is 18.2 Å². The third kappa shape index (κ3) is 3.04. The number of benzene rings is 1. The second kappa shape index (κ2) is 4.80. The van der Waals surface area contributed by atoms with Gasteiger partial charge < -0.3 is 10.6 Å². The van der Waals surface area contributed by atoms with Crippen LogP contribution in [0.4, 0.5) is 17.6 Å². The van der Waals surface area contributed by atoms with Crippen molar-refractivity contribution in [2.75, 3.05) is 13.1 Å². The number of carbonyl (C=O) groups is 1. The zero-order chi connectivity index (χ0) is 14.2.